The van der Waals surface area contributed by atoms with Crippen molar-refractivity contribution < 1.29 is 0 Å². The lowest BCUT2D eigenvalue weighted by molar-refractivity contribution is 0.595. The molecular weight excluding hydrogens is 252 g/mol. The molecule has 0 aliphatic rings. The van der Waals surface area contributed by atoms with Crippen LogP contribution in [0.3, 0.4) is 0 Å². The Kier molecular flexibility index (Phi) is 3.49. The third-order valence-corrected chi connectivity index (χ3v) is 2.97. The van der Waals surface area contributed by atoms with Crippen molar-refractivity contribution in [3.63, 3.8) is 0 Å². The van der Waals surface area contributed by atoms with Crippen molar-refractivity contribution in [2.75, 3.05) is 0 Å². The molecule has 0 radical (unpaired) electrons. The molecule has 3 rings (SSSR count). The van der Waals surface area contributed by atoms with Crippen molar-refractivity contribution in [1.82, 2.24) is 25.2 Å². The van der Waals surface area contributed by atoms with Crippen LogP contribution in [0.4, 0.5) is 0 Å². The van der Waals surface area contributed by atoms with E-state index in [9.17, 15) is 0 Å². The zero-order valence-electron chi connectivity index (χ0n) is 10.7. The van der Waals surface area contributed by atoms with Crippen molar-refractivity contribution >= 4 is 0 Å². The quantitative estimate of drug-likeness (QED) is 0.548. The summed E-state index contributed by atoms with van der Waals surface area (Å²) in [5, 5.41) is 4.53. The largest absolute Gasteiger partial charge is 0.270 e. The van der Waals surface area contributed by atoms with Gasteiger partial charge in [-0.25, -0.2) is 10.1 Å². The van der Waals surface area contributed by atoms with E-state index < -0.39 is 0 Å². The van der Waals surface area contributed by atoms with Gasteiger partial charge in [-0.05, 0) is 18.2 Å². The van der Waals surface area contributed by atoms with Gasteiger partial charge in [0, 0.05) is 18.6 Å². The number of benzene rings is 1. The SMILES string of the molecule is NNC(c1cnccn1)c1ccn(-c2ccccc2)n1. The second kappa shape index (κ2) is 5.60. The van der Waals surface area contributed by atoms with E-state index in [2.05, 4.69) is 20.5 Å². The Balaban J connectivity index is 1.93. The predicted octanol–water partition coefficient (Wildman–Crippen LogP) is 1.21. The Bertz CT molecular complexity index is 664. The molecule has 0 bridgehead atoms. The van der Waals surface area contributed by atoms with Crippen molar-refractivity contribution in [1.29, 1.82) is 0 Å². The first-order chi connectivity index (χ1) is 9.88. The van der Waals surface area contributed by atoms with Crippen LogP contribution in [0.2, 0.25) is 0 Å². The molecular formula is C14H14N6. The maximum atomic E-state index is 5.62. The Morgan fingerprint density at radius 3 is 2.60 bits per heavy atom. The van der Waals surface area contributed by atoms with Crippen LogP contribution in [0, 0.1) is 0 Å². The number of nitrogens with two attached hydrogens (primary N) is 1. The number of aromatic nitrogens is 4. The smallest absolute Gasteiger partial charge is 0.109 e. The van der Waals surface area contributed by atoms with E-state index in [0.29, 0.717) is 0 Å². The number of rotatable bonds is 4. The second-order valence-electron chi connectivity index (χ2n) is 4.25. The molecule has 1 aromatic carbocycles. The summed E-state index contributed by atoms with van der Waals surface area (Å²) in [5.41, 5.74) is 5.23. The van der Waals surface area contributed by atoms with E-state index in [0.717, 1.165) is 17.1 Å². The number of hydrogen-bond donors (Lipinski definition) is 2. The monoisotopic (exact) mass is 266 g/mol. The molecule has 2 heterocycles. The maximum absolute atomic E-state index is 5.62. The van der Waals surface area contributed by atoms with Gasteiger partial charge >= 0.3 is 0 Å². The van der Waals surface area contributed by atoms with Gasteiger partial charge in [-0.15, -0.1) is 0 Å². The summed E-state index contributed by atoms with van der Waals surface area (Å²) in [4.78, 5) is 8.31. The van der Waals surface area contributed by atoms with E-state index in [4.69, 9.17) is 5.84 Å². The molecule has 2 aromatic heterocycles. The van der Waals surface area contributed by atoms with Gasteiger partial charge in [0.05, 0.1) is 23.3 Å². The highest BCUT2D eigenvalue weighted by molar-refractivity contribution is 5.31. The highest BCUT2D eigenvalue weighted by atomic mass is 15.3. The van der Waals surface area contributed by atoms with E-state index in [1.165, 1.54) is 0 Å². The molecule has 1 atom stereocenters. The molecule has 3 aromatic rings. The second-order valence-corrected chi connectivity index (χ2v) is 4.25. The van der Waals surface area contributed by atoms with Crippen LogP contribution in [-0.2, 0) is 0 Å². The van der Waals surface area contributed by atoms with Crippen LogP contribution >= 0.6 is 0 Å². The van der Waals surface area contributed by atoms with Gasteiger partial charge in [0.25, 0.3) is 0 Å². The lowest BCUT2D eigenvalue weighted by atomic mass is 10.1. The third-order valence-electron chi connectivity index (χ3n) is 2.97. The van der Waals surface area contributed by atoms with Crippen LogP contribution in [-0.4, -0.2) is 19.7 Å². The molecule has 1 unspecified atom stereocenters. The minimum Gasteiger partial charge on any atom is -0.270 e. The Hall–Kier alpha value is -2.57. The van der Waals surface area contributed by atoms with Crippen LogP contribution < -0.4 is 11.3 Å². The first kappa shape index (κ1) is 12.5. The minimum absolute atomic E-state index is 0.284. The summed E-state index contributed by atoms with van der Waals surface area (Å²) in [7, 11) is 0. The van der Waals surface area contributed by atoms with Crippen LogP contribution in [0.5, 0.6) is 0 Å². The molecule has 3 N–H and O–H groups in total. The number of hydrogen-bond acceptors (Lipinski definition) is 5. The third kappa shape index (κ3) is 2.42. The molecule has 0 aliphatic heterocycles. The summed E-state index contributed by atoms with van der Waals surface area (Å²) < 4.78 is 1.80. The van der Waals surface area contributed by atoms with Gasteiger partial charge in [0.15, 0.2) is 0 Å². The average Bonchev–Trinajstić information content (AvgIpc) is 3.00. The molecule has 0 spiro atoms. The van der Waals surface area contributed by atoms with Crippen molar-refractivity contribution in [2.24, 2.45) is 5.84 Å². The highest BCUT2D eigenvalue weighted by Crippen LogP contribution is 2.18. The number of nitrogens with zero attached hydrogens (tertiary/aromatic N) is 4. The maximum Gasteiger partial charge on any atom is 0.109 e. The fourth-order valence-corrected chi connectivity index (χ4v) is 2.00. The van der Waals surface area contributed by atoms with Gasteiger partial charge in [-0.2, -0.15) is 5.10 Å². The van der Waals surface area contributed by atoms with Crippen molar-refractivity contribution in [3.05, 3.63) is 72.6 Å². The standard InChI is InChI=1S/C14H14N6/c15-18-14(13-10-16-7-8-17-13)12-6-9-20(19-12)11-4-2-1-3-5-11/h1-10,14,18H,15H2. The summed E-state index contributed by atoms with van der Waals surface area (Å²) in [6.45, 7) is 0. The van der Waals surface area contributed by atoms with E-state index in [-0.39, 0.29) is 6.04 Å². The molecule has 0 saturated heterocycles. The van der Waals surface area contributed by atoms with E-state index in [1.807, 2.05) is 42.6 Å². The first-order valence-corrected chi connectivity index (χ1v) is 6.21. The van der Waals surface area contributed by atoms with Crippen LogP contribution in [0.25, 0.3) is 5.69 Å². The predicted molar refractivity (Wildman–Crippen MR) is 74.8 cm³/mol. The van der Waals surface area contributed by atoms with Gasteiger partial charge in [0.2, 0.25) is 0 Å². The van der Waals surface area contributed by atoms with Crippen LogP contribution in [0.15, 0.2) is 61.2 Å². The molecule has 0 amide bonds. The van der Waals surface area contributed by atoms with E-state index in [1.54, 1.807) is 23.3 Å². The van der Waals surface area contributed by atoms with E-state index >= 15 is 0 Å². The molecule has 100 valence electrons. The number of nitrogens with one attached hydrogen (secondary N) is 1. The Morgan fingerprint density at radius 1 is 1.05 bits per heavy atom. The van der Waals surface area contributed by atoms with Crippen LogP contribution in [0.1, 0.15) is 17.4 Å². The van der Waals surface area contributed by atoms with Gasteiger partial charge < -0.3 is 0 Å². The lowest BCUT2D eigenvalue weighted by Crippen LogP contribution is -2.30. The number of para-hydroxylation sites is 1. The van der Waals surface area contributed by atoms with Crippen molar-refractivity contribution in [3.8, 4) is 5.69 Å². The Morgan fingerprint density at radius 2 is 1.90 bits per heavy atom. The fraction of sp³-hybridized carbons (Fsp3) is 0.0714. The molecule has 0 aliphatic carbocycles. The summed E-state index contributed by atoms with van der Waals surface area (Å²) in [6, 6.07) is 11.5. The summed E-state index contributed by atoms with van der Waals surface area (Å²) >= 11 is 0. The van der Waals surface area contributed by atoms with Gasteiger partial charge in [-0.1, -0.05) is 18.2 Å². The molecule has 0 fully saturated rings. The normalized spacial score (nSPS) is 12.2. The lowest BCUT2D eigenvalue weighted by Gasteiger charge is -2.12. The number of hydrazine groups is 1. The zero-order chi connectivity index (χ0) is 13.8. The average molecular weight is 266 g/mol. The van der Waals surface area contributed by atoms with Gasteiger partial charge in [-0.3, -0.25) is 15.8 Å². The summed E-state index contributed by atoms with van der Waals surface area (Å²) in [6.07, 6.45) is 6.82. The molecule has 0 saturated carbocycles. The topological polar surface area (TPSA) is 81.6 Å². The fourth-order valence-electron chi connectivity index (χ4n) is 2.00. The molecule has 6 nitrogen and oxygen atoms in total. The summed E-state index contributed by atoms with van der Waals surface area (Å²) in [5.74, 6) is 5.62. The first-order valence-electron chi connectivity index (χ1n) is 6.21. The minimum atomic E-state index is -0.284. The van der Waals surface area contributed by atoms with Gasteiger partial charge in [0.1, 0.15) is 6.04 Å². The molecule has 20 heavy (non-hydrogen) atoms. The Labute approximate surface area is 116 Å². The molecule has 6 heteroatoms. The zero-order valence-corrected chi connectivity index (χ0v) is 10.7. The van der Waals surface area contributed by atoms with Crippen molar-refractivity contribution in [2.45, 2.75) is 6.04 Å². The highest BCUT2D eigenvalue weighted by Gasteiger charge is 2.17.